The molecular weight excluding hydrogens is 396 g/mol. The van der Waals surface area contributed by atoms with Crippen LogP contribution in [0.1, 0.15) is 37.2 Å². The van der Waals surface area contributed by atoms with E-state index in [0.717, 1.165) is 30.3 Å². The number of hydrogen-bond acceptors (Lipinski definition) is 3. The molecule has 5 heteroatoms. The minimum atomic E-state index is -0.336. The Morgan fingerprint density at radius 2 is 1.75 bits per heavy atom. The van der Waals surface area contributed by atoms with Crippen molar-refractivity contribution in [3.8, 4) is 0 Å². The van der Waals surface area contributed by atoms with Gasteiger partial charge in [-0.2, -0.15) is 5.11 Å². The zero-order valence-corrected chi connectivity index (χ0v) is 18.4. The van der Waals surface area contributed by atoms with Crippen molar-refractivity contribution in [3.05, 3.63) is 82.8 Å². The molecule has 0 bridgehead atoms. The molecule has 2 aliphatic carbocycles. The lowest BCUT2D eigenvalue weighted by Gasteiger charge is -2.40. The monoisotopic (exact) mass is 424 g/mol. The lowest BCUT2D eigenvalue weighted by Crippen LogP contribution is -2.30. The van der Waals surface area contributed by atoms with Gasteiger partial charge >= 0.3 is 5.69 Å². The van der Waals surface area contributed by atoms with Gasteiger partial charge in [0.1, 0.15) is 0 Å². The third kappa shape index (κ3) is 2.87. The van der Waals surface area contributed by atoms with Crippen LogP contribution in [-0.2, 0) is 13.6 Å². The Kier molecular flexibility index (Phi) is 4.36. The number of benzene rings is 3. The molecule has 0 radical (unpaired) electrons. The van der Waals surface area contributed by atoms with Crippen molar-refractivity contribution in [2.45, 2.75) is 43.7 Å². The maximum Gasteiger partial charge on any atom is 0.328 e. The van der Waals surface area contributed by atoms with Crippen LogP contribution >= 0.6 is 0 Å². The molecule has 4 aromatic rings. The largest absolute Gasteiger partial charge is 0.328 e. The zero-order valence-electron chi connectivity index (χ0n) is 18.4. The second-order valence-electron chi connectivity index (χ2n) is 9.85. The number of aryl methyl sites for hydroxylation is 2. The van der Waals surface area contributed by atoms with E-state index in [4.69, 9.17) is 5.53 Å². The van der Waals surface area contributed by atoms with Crippen molar-refractivity contribution in [2.75, 3.05) is 0 Å². The van der Waals surface area contributed by atoms with Crippen LogP contribution in [0.15, 0.2) is 76.6 Å². The Hall–Kier alpha value is -3.21. The summed E-state index contributed by atoms with van der Waals surface area (Å²) in [7, 11) is 1.83. The van der Waals surface area contributed by atoms with Crippen LogP contribution in [-0.4, -0.2) is 14.7 Å². The molecule has 1 N–H and O–H groups in total. The Morgan fingerprint density at radius 1 is 1.00 bits per heavy atom. The van der Waals surface area contributed by atoms with E-state index in [1.54, 1.807) is 4.57 Å². The molecule has 2 aliphatic rings. The molecule has 2 saturated carbocycles. The molecule has 0 spiro atoms. The van der Waals surface area contributed by atoms with E-state index in [-0.39, 0.29) is 11.2 Å². The van der Waals surface area contributed by atoms with Gasteiger partial charge in [-0.1, -0.05) is 54.6 Å². The second kappa shape index (κ2) is 7.16. The molecule has 0 aliphatic heterocycles. The van der Waals surface area contributed by atoms with E-state index in [1.165, 1.54) is 22.8 Å². The van der Waals surface area contributed by atoms with Gasteiger partial charge in [-0.15, -0.1) is 0 Å². The van der Waals surface area contributed by atoms with E-state index >= 15 is 0 Å². The van der Waals surface area contributed by atoms with E-state index in [1.807, 2.05) is 35.9 Å². The summed E-state index contributed by atoms with van der Waals surface area (Å²) in [6, 6.07) is 23.4. The number of imidazole rings is 1. The summed E-state index contributed by atoms with van der Waals surface area (Å²) in [5.41, 5.74) is 11.1. The first-order valence-electron chi connectivity index (χ1n) is 11.6. The fraction of sp³-hybridized carbons (Fsp3) is 0.370. The zero-order chi connectivity index (χ0) is 21.9. The Balaban J connectivity index is 1.23. The number of hydrogen-bond donors (Lipinski definition) is 1. The SMILES string of the molecule is Cn1c(=O)n(CCC2(N=N)CC3CC(c4ccc5ccccc5c4)C3C2)c2ccccc21. The third-order valence-electron chi connectivity index (χ3n) is 8.23. The molecule has 0 saturated heterocycles. The molecule has 2 fully saturated rings. The summed E-state index contributed by atoms with van der Waals surface area (Å²) < 4.78 is 3.58. The lowest BCUT2D eigenvalue weighted by atomic mass is 9.64. The van der Waals surface area contributed by atoms with Gasteiger partial charge in [0.15, 0.2) is 0 Å². The van der Waals surface area contributed by atoms with Gasteiger partial charge in [0.25, 0.3) is 0 Å². The van der Waals surface area contributed by atoms with Crippen LogP contribution in [0, 0.1) is 17.4 Å². The number of para-hydroxylation sites is 2. The van der Waals surface area contributed by atoms with Crippen molar-refractivity contribution in [1.29, 1.82) is 5.53 Å². The molecule has 6 rings (SSSR count). The van der Waals surface area contributed by atoms with Crippen LogP contribution in [0.5, 0.6) is 0 Å². The maximum absolute atomic E-state index is 12.8. The van der Waals surface area contributed by atoms with Crippen LogP contribution < -0.4 is 5.69 Å². The molecule has 0 amide bonds. The van der Waals surface area contributed by atoms with Crippen molar-refractivity contribution < 1.29 is 0 Å². The van der Waals surface area contributed by atoms with Crippen LogP contribution in [0.4, 0.5) is 0 Å². The molecule has 32 heavy (non-hydrogen) atoms. The summed E-state index contributed by atoms with van der Waals surface area (Å²) in [6.07, 6.45) is 3.87. The minimum absolute atomic E-state index is 0.0151. The normalized spacial score (nSPS) is 26.8. The highest BCUT2D eigenvalue weighted by Crippen LogP contribution is 2.60. The first kappa shape index (κ1) is 19.5. The lowest BCUT2D eigenvalue weighted by molar-refractivity contribution is 0.169. The highest BCUT2D eigenvalue weighted by Gasteiger charge is 2.54. The van der Waals surface area contributed by atoms with Gasteiger partial charge < -0.3 is 0 Å². The first-order chi connectivity index (χ1) is 15.6. The number of fused-ring (bicyclic) bond motifs is 3. The molecule has 5 nitrogen and oxygen atoms in total. The molecular formula is C27H28N4O. The predicted molar refractivity (Wildman–Crippen MR) is 127 cm³/mol. The van der Waals surface area contributed by atoms with Crippen molar-refractivity contribution in [2.24, 2.45) is 24.0 Å². The topological polar surface area (TPSA) is 63.1 Å². The standard InChI is InChI=1S/C27H28N4O/c1-30-24-8-4-5-9-25(24)31(26(30)32)13-12-27(29-28)16-21-15-22(23(21)17-27)20-11-10-18-6-2-3-7-19(18)14-20/h2-11,14,21-23,28H,12-13,15-17H2,1H3. The fourth-order valence-corrected chi connectivity index (χ4v) is 6.43. The number of nitrogens with one attached hydrogen (secondary N) is 1. The van der Waals surface area contributed by atoms with E-state index in [2.05, 4.69) is 47.6 Å². The molecule has 162 valence electrons. The highest BCUT2D eigenvalue weighted by molar-refractivity contribution is 5.83. The molecule has 4 unspecified atom stereocenters. The van der Waals surface area contributed by atoms with E-state index < -0.39 is 0 Å². The van der Waals surface area contributed by atoms with Crippen LogP contribution in [0.3, 0.4) is 0 Å². The average molecular weight is 425 g/mol. The quantitative estimate of drug-likeness (QED) is 0.400. The van der Waals surface area contributed by atoms with Gasteiger partial charge in [0, 0.05) is 13.6 Å². The summed E-state index contributed by atoms with van der Waals surface area (Å²) >= 11 is 0. The Morgan fingerprint density at radius 3 is 2.56 bits per heavy atom. The Labute approximate surface area is 187 Å². The van der Waals surface area contributed by atoms with Gasteiger partial charge in [-0.25, -0.2) is 10.3 Å². The summed E-state index contributed by atoms with van der Waals surface area (Å²) in [6.45, 7) is 0.614. The minimum Gasteiger partial charge on any atom is -0.295 e. The molecule has 4 atom stereocenters. The number of nitrogens with zero attached hydrogens (tertiary/aromatic N) is 3. The maximum atomic E-state index is 12.8. The van der Waals surface area contributed by atoms with Crippen molar-refractivity contribution >= 4 is 21.8 Å². The fourth-order valence-electron chi connectivity index (χ4n) is 6.43. The Bertz CT molecular complexity index is 1400. The number of rotatable bonds is 5. The first-order valence-corrected chi connectivity index (χ1v) is 11.6. The average Bonchev–Trinajstić information content (AvgIpc) is 3.24. The summed E-state index contributed by atoms with van der Waals surface area (Å²) in [4.78, 5) is 12.8. The van der Waals surface area contributed by atoms with Crippen LogP contribution in [0.2, 0.25) is 0 Å². The summed E-state index contributed by atoms with van der Waals surface area (Å²) in [5.74, 6) is 1.80. The summed E-state index contributed by atoms with van der Waals surface area (Å²) in [5, 5.41) is 6.79. The van der Waals surface area contributed by atoms with Crippen molar-refractivity contribution in [3.63, 3.8) is 0 Å². The van der Waals surface area contributed by atoms with Crippen LogP contribution in [0.25, 0.3) is 21.8 Å². The van der Waals surface area contributed by atoms with E-state index in [0.29, 0.717) is 24.3 Å². The van der Waals surface area contributed by atoms with E-state index in [9.17, 15) is 4.79 Å². The van der Waals surface area contributed by atoms with Crippen molar-refractivity contribution in [1.82, 2.24) is 9.13 Å². The highest BCUT2D eigenvalue weighted by atomic mass is 16.1. The number of aromatic nitrogens is 2. The molecule has 1 aromatic heterocycles. The van der Waals surface area contributed by atoms with Gasteiger partial charge in [-0.3, -0.25) is 9.13 Å². The molecule has 1 heterocycles. The smallest absolute Gasteiger partial charge is 0.295 e. The van der Waals surface area contributed by atoms with Gasteiger partial charge in [0.2, 0.25) is 0 Å². The van der Waals surface area contributed by atoms with Gasteiger partial charge in [0.05, 0.1) is 16.6 Å². The van der Waals surface area contributed by atoms with Gasteiger partial charge in [-0.05, 0) is 71.9 Å². The predicted octanol–water partition coefficient (Wildman–Crippen LogP) is 5.87. The second-order valence-corrected chi connectivity index (χ2v) is 9.85. The third-order valence-corrected chi connectivity index (χ3v) is 8.23. The molecule has 3 aromatic carbocycles.